The van der Waals surface area contributed by atoms with E-state index in [2.05, 4.69) is 30.0 Å². The Bertz CT molecular complexity index is 422. The Morgan fingerprint density at radius 2 is 2.26 bits per heavy atom. The highest BCUT2D eigenvalue weighted by Gasteiger charge is 2.21. The first-order valence-electron chi connectivity index (χ1n) is 6.91. The fourth-order valence-corrected chi connectivity index (χ4v) is 2.74. The highest BCUT2D eigenvalue weighted by atomic mass is 16.5. The smallest absolute Gasteiger partial charge is 0.120 e. The van der Waals surface area contributed by atoms with E-state index in [1.54, 1.807) is 7.11 Å². The normalized spacial score (nSPS) is 20.7. The van der Waals surface area contributed by atoms with E-state index < -0.39 is 0 Å². The number of nitrogens with zero attached hydrogens (tertiary/aromatic N) is 2. The summed E-state index contributed by atoms with van der Waals surface area (Å²) in [7, 11) is 6.05. The molecule has 2 N–H and O–H groups in total. The third kappa shape index (κ3) is 3.61. The van der Waals surface area contributed by atoms with Gasteiger partial charge in [-0.05, 0) is 45.1 Å². The van der Waals surface area contributed by atoms with E-state index in [9.17, 15) is 0 Å². The Hall–Kier alpha value is -1.26. The van der Waals surface area contributed by atoms with Crippen LogP contribution in [0.1, 0.15) is 18.4 Å². The van der Waals surface area contributed by atoms with Crippen LogP contribution >= 0.6 is 0 Å². The topological polar surface area (TPSA) is 41.7 Å². The van der Waals surface area contributed by atoms with Crippen molar-refractivity contribution in [2.24, 2.45) is 0 Å². The molecule has 4 heteroatoms. The summed E-state index contributed by atoms with van der Waals surface area (Å²) in [5.41, 5.74) is 8.08. The number of piperidine rings is 1. The molecule has 0 bridgehead atoms. The van der Waals surface area contributed by atoms with Crippen LogP contribution in [0.5, 0.6) is 5.75 Å². The molecule has 0 radical (unpaired) electrons. The minimum Gasteiger partial charge on any atom is -0.497 e. The molecule has 0 amide bonds. The van der Waals surface area contributed by atoms with Crippen LogP contribution in [0, 0.1) is 0 Å². The van der Waals surface area contributed by atoms with Gasteiger partial charge in [0.15, 0.2) is 0 Å². The first-order valence-corrected chi connectivity index (χ1v) is 6.91. The maximum absolute atomic E-state index is 6.08. The van der Waals surface area contributed by atoms with Crippen LogP contribution in [0.25, 0.3) is 0 Å². The van der Waals surface area contributed by atoms with E-state index in [0.29, 0.717) is 6.04 Å². The van der Waals surface area contributed by atoms with E-state index in [1.165, 1.54) is 24.9 Å². The van der Waals surface area contributed by atoms with Gasteiger partial charge in [-0.15, -0.1) is 0 Å². The molecule has 106 valence electrons. The standard InChI is InChI=1S/C15H25N3O/c1-17-8-4-5-13(11-17)18(2)10-12-6-7-14(19-3)9-15(12)16/h6-7,9,13H,4-5,8,10-11,16H2,1-3H3. The van der Waals surface area contributed by atoms with E-state index in [1.807, 2.05) is 12.1 Å². The molecule has 1 saturated heterocycles. The highest BCUT2D eigenvalue weighted by molar-refractivity contribution is 5.51. The zero-order valence-corrected chi connectivity index (χ0v) is 12.2. The zero-order chi connectivity index (χ0) is 13.8. The van der Waals surface area contributed by atoms with Gasteiger partial charge in [-0.25, -0.2) is 0 Å². The van der Waals surface area contributed by atoms with Crippen LogP contribution < -0.4 is 10.5 Å². The maximum atomic E-state index is 6.08. The molecule has 1 aliphatic heterocycles. The number of nitrogens with two attached hydrogens (primary N) is 1. The second kappa shape index (κ2) is 6.26. The number of anilines is 1. The average molecular weight is 263 g/mol. The molecule has 0 spiro atoms. The zero-order valence-electron chi connectivity index (χ0n) is 12.2. The van der Waals surface area contributed by atoms with Crippen LogP contribution in [-0.2, 0) is 6.54 Å². The van der Waals surface area contributed by atoms with E-state index in [4.69, 9.17) is 10.5 Å². The van der Waals surface area contributed by atoms with Crippen LogP contribution in [0.15, 0.2) is 18.2 Å². The summed E-state index contributed by atoms with van der Waals surface area (Å²) >= 11 is 0. The minimum atomic E-state index is 0.625. The number of benzene rings is 1. The van der Waals surface area contributed by atoms with Crippen molar-refractivity contribution in [3.05, 3.63) is 23.8 Å². The third-order valence-corrected chi connectivity index (χ3v) is 4.00. The van der Waals surface area contributed by atoms with Gasteiger partial charge < -0.3 is 15.4 Å². The molecule has 1 atom stereocenters. The Labute approximate surface area is 116 Å². The lowest BCUT2D eigenvalue weighted by atomic mass is 10.0. The molecule has 0 aliphatic carbocycles. The van der Waals surface area contributed by atoms with Gasteiger partial charge in [0.25, 0.3) is 0 Å². The summed E-state index contributed by atoms with van der Waals surface area (Å²) in [6, 6.07) is 6.57. The lowest BCUT2D eigenvalue weighted by Crippen LogP contribution is -2.44. The summed E-state index contributed by atoms with van der Waals surface area (Å²) in [4.78, 5) is 4.82. The van der Waals surface area contributed by atoms with Gasteiger partial charge in [0.1, 0.15) is 5.75 Å². The van der Waals surface area contributed by atoms with Crippen molar-refractivity contribution in [1.82, 2.24) is 9.80 Å². The maximum Gasteiger partial charge on any atom is 0.120 e. The summed E-state index contributed by atoms with van der Waals surface area (Å²) < 4.78 is 5.19. The first-order chi connectivity index (χ1) is 9.10. The number of methoxy groups -OCH3 is 1. The van der Waals surface area contributed by atoms with Crippen molar-refractivity contribution in [2.75, 3.05) is 40.0 Å². The van der Waals surface area contributed by atoms with E-state index in [-0.39, 0.29) is 0 Å². The summed E-state index contributed by atoms with van der Waals surface area (Å²) in [6.45, 7) is 3.26. The Morgan fingerprint density at radius 3 is 2.89 bits per heavy atom. The molecule has 4 nitrogen and oxygen atoms in total. The molecule has 19 heavy (non-hydrogen) atoms. The quantitative estimate of drug-likeness (QED) is 0.841. The van der Waals surface area contributed by atoms with Gasteiger partial charge in [-0.2, -0.15) is 0 Å². The molecule has 1 aliphatic rings. The number of nitrogen functional groups attached to an aromatic ring is 1. The van der Waals surface area contributed by atoms with Crippen LogP contribution in [-0.4, -0.2) is 50.1 Å². The highest BCUT2D eigenvalue weighted by Crippen LogP contribution is 2.22. The average Bonchev–Trinajstić information content (AvgIpc) is 2.41. The van der Waals surface area contributed by atoms with Crippen molar-refractivity contribution in [3.8, 4) is 5.75 Å². The van der Waals surface area contributed by atoms with Crippen LogP contribution in [0.3, 0.4) is 0 Å². The molecular weight excluding hydrogens is 238 g/mol. The summed E-state index contributed by atoms with van der Waals surface area (Å²) in [6.07, 6.45) is 2.56. The molecule has 1 aromatic carbocycles. The lowest BCUT2D eigenvalue weighted by molar-refractivity contribution is 0.129. The largest absolute Gasteiger partial charge is 0.497 e. The second-order valence-corrected chi connectivity index (χ2v) is 5.54. The molecule has 0 saturated carbocycles. The predicted molar refractivity (Wildman–Crippen MR) is 79.4 cm³/mol. The van der Waals surface area contributed by atoms with Crippen molar-refractivity contribution < 1.29 is 4.74 Å². The minimum absolute atomic E-state index is 0.625. The molecule has 2 rings (SSSR count). The second-order valence-electron chi connectivity index (χ2n) is 5.54. The molecular formula is C15H25N3O. The van der Waals surface area contributed by atoms with Gasteiger partial charge in [0.05, 0.1) is 7.11 Å². The van der Waals surface area contributed by atoms with Gasteiger partial charge in [-0.3, -0.25) is 4.90 Å². The number of hydrogen-bond donors (Lipinski definition) is 1. The monoisotopic (exact) mass is 263 g/mol. The Kier molecular flexibility index (Phi) is 4.66. The SMILES string of the molecule is COc1ccc(CN(C)C2CCCN(C)C2)c(N)c1. The van der Waals surface area contributed by atoms with Crippen LogP contribution in [0.4, 0.5) is 5.69 Å². The predicted octanol–water partition coefficient (Wildman–Crippen LogP) is 1.80. The Balaban J connectivity index is 2.00. The van der Waals surface area contributed by atoms with Crippen molar-refractivity contribution in [3.63, 3.8) is 0 Å². The number of hydrogen-bond acceptors (Lipinski definition) is 4. The fraction of sp³-hybridized carbons (Fsp3) is 0.600. The number of rotatable bonds is 4. The molecule has 1 unspecified atom stereocenters. The lowest BCUT2D eigenvalue weighted by Gasteiger charge is -2.36. The first kappa shape index (κ1) is 14.2. The third-order valence-electron chi connectivity index (χ3n) is 4.00. The van der Waals surface area contributed by atoms with Gasteiger partial charge in [0, 0.05) is 30.9 Å². The van der Waals surface area contributed by atoms with Crippen molar-refractivity contribution >= 4 is 5.69 Å². The number of likely N-dealkylation sites (N-methyl/N-ethyl adjacent to an activating group) is 2. The molecule has 1 fully saturated rings. The number of likely N-dealkylation sites (tertiary alicyclic amines) is 1. The molecule has 1 aromatic rings. The Morgan fingerprint density at radius 1 is 1.47 bits per heavy atom. The van der Waals surface area contributed by atoms with Gasteiger partial charge in [-0.1, -0.05) is 6.07 Å². The molecule has 1 heterocycles. The van der Waals surface area contributed by atoms with E-state index >= 15 is 0 Å². The van der Waals surface area contributed by atoms with Crippen LogP contribution in [0.2, 0.25) is 0 Å². The van der Waals surface area contributed by atoms with Gasteiger partial charge >= 0.3 is 0 Å². The van der Waals surface area contributed by atoms with Crippen molar-refractivity contribution in [1.29, 1.82) is 0 Å². The summed E-state index contributed by atoms with van der Waals surface area (Å²) in [5.74, 6) is 0.821. The van der Waals surface area contributed by atoms with Gasteiger partial charge in [0.2, 0.25) is 0 Å². The van der Waals surface area contributed by atoms with E-state index in [0.717, 1.165) is 24.5 Å². The number of ether oxygens (including phenoxy) is 1. The van der Waals surface area contributed by atoms with Crippen molar-refractivity contribution in [2.45, 2.75) is 25.4 Å². The summed E-state index contributed by atoms with van der Waals surface area (Å²) in [5, 5.41) is 0. The molecule has 0 aromatic heterocycles. The fourth-order valence-electron chi connectivity index (χ4n) is 2.74.